The van der Waals surface area contributed by atoms with E-state index in [9.17, 15) is 13.2 Å². The first-order valence-corrected chi connectivity index (χ1v) is 11.7. The molecule has 2 aromatic rings. The number of carbonyl (C=O) groups is 1. The van der Waals surface area contributed by atoms with Crippen LogP contribution in [0.4, 0.5) is 5.69 Å². The van der Waals surface area contributed by atoms with E-state index in [0.29, 0.717) is 28.6 Å². The minimum Gasteiger partial charge on any atom is -0.497 e. The molecule has 9 nitrogen and oxygen atoms in total. The van der Waals surface area contributed by atoms with Gasteiger partial charge in [0.15, 0.2) is 11.5 Å². The second kappa shape index (κ2) is 10.4. The van der Waals surface area contributed by atoms with Gasteiger partial charge in [0.2, 0.25) is 15.9 Å². The Morgan fingerprint density at radius 3 is 2.00 bits per heavy atom. The fourth-order valence-corrected chi connectivity index (χ4v) is 4.53. The highest BCUT2D eigenvalue weighted by Gasteiger charge is 2.31. The molecule has 1 amide bonds. The molecule has 0 aliphatic carbocycles. The average Bonchev–Trinajstić information content (AvgIpc) is 2.77. The van der Waals surface area contributed by atoms with Crippen LogP contribution in [-0.4, -0.2) is 55.1 Å². The van der Waals surface area contributed by atoms with Crippen LogP contribution in [0.3, 0.4) is 0 Å². The topological polar surface area (TPSA) is 103 Å². The first-order valence-electron chi connectivity index (χ1n) is 9.81. The van der Waals surface area contributed by atoms with Crippen LogP contribution in [0.25, 0.3) is 0 Å². The zero-order valence-corrected chi connectivity index (χ0v) is 20.1. The van der Waals surface area contributed by atoms with E-state index in [1.54, 1.807) is 44.4 Å². The van der Waals surface area contributed by atoms with Crippen LogP contribution in [0.2, 0.25) is 0 Å². The van der Waals surface area contributed by atoms with E-state index in [0.717, 1.165) is 10.6 Å². The molecule has 0 unspecified atom stereocenters. The molecule has 0 heterocycles. The van der Waals surface area contributed by atoms with E-state index >= 15 is 0 Å². The highest BCUT2D eigenvalue weighted by Crippen LogP contribution is 2.34. The number of nitrogens with one attached hydrogen (secondary N) is 1. The van der Waals surface area contributed by atoms with Gasteiger partial charge in [0.1, 0.15) is 17.5 Å². The van der Waals surface area contributed by atoms with Crippen molar-refractivity contribution in [3.63, 3.8) is 0 Å². The summed E-state index contributed by atoms with van der Waals surface area (Å²) in [4.78, 5) is 13.1. The lowest BCUT2D eigenvalue weighted by Gasteiger charge is -2.30. The first-order chi connectivity index (χ1) is 15.1. The molecule has 0 aromatic heterocycles. The molecular weight excluding hydrogens is 436 g/mol. The minimum atomic E-state index is -3.80. The molecule has 0 saturated heterocycles. The number of hydrogen-bond acceptors (Lipinski definition) is 7. The molecule has 10 heteroatoms. The Hall–Kier alpha value is -3.14. The second-order valence-corrected chi connectivity index (χ2v) is 8.97. The van der Waals surface area contributed by atoms with Crippen LogP contribution in [0.15, 0.2) is 36.4 Å². The molecule has 0 fully saturated rings. The van der Waals surface area contributed by atoms with Gasteiger partial charge in [-0.05, 0) is 44.2 Å². The van der Waals surface area contributed by atoms with Crippen molar-refractivity contribution in [2.24, 2.45) is 0 Å². The Morgan fingerprint density at radius 1 is 0.875 bits per heavy atom. The van der Waals surface area contributed by atoms with Gasteiger partial charge in [-0.2, -0.15) is 0 Å². The molecule has 0 radical (unpaired) electrons. The third-order valence-electron chi connectivity index (χ3n) is 4.97. The molecule has 0 aliphatic heterocycles. The lowest BCUT2D eigenvalue weighted by atomic mass is 10.1. The SMILES string of the molecule is COc1ccc(OC)c([C@H](C)NC(=O)[C@H](C)N(c2ccc(OC)c(OC)c2)S(C)(=O)=O)c1. The summed E-state index contributed by atoms with van der Waals surface area (Å²) >= 11 is 0. The Bertz CT molecular complexity index is 1060. The zero-order valence-electron chi connectivity index (χ0n) is 19.3. The number of amides is 1. The molecule has 0 bridgehead atoms. The number of nitrogens with zero attached hydrogens (tertiary/aromatic N) is 1. The van der Waals surface area contributed by atoms with Crippen LogP contribution < -0.4 is 28.6 Å². The van der Waals surface area contributed by atoms with Gasteiger partial charge in [-0.25, -0.2) is 8.42 Å². The third kappa shape index (κ3) is 5.56. The van der Waals surface area contributed by atoms with Crippen LogP contribution in [0.5, 0.6) is 23.0 Å². The van der Waals surface area contributed by atoms with Gasteiger partial charge in [-0.15, -0.1) is 0 Å². The largest absolute Gasteiger partial charge is 0.497 e. The molecule has 0 spiro atoms. The lowest BCUT2D eigenvalue weighted by Crippen LogP contribution is -2.48. The molecular formula is C22H30N2O7S. The van der Waals surface area contributed by atoms with Crippen molar-refractivity contribution in [1.29, 1.82) is 0 Å². The Balaban J connectivity index is 2.36. The monoisotopic (exact) mass is 466 g/mol. The number of hydrogen-bond donors (Lipinski definition) is 1. The summed E-state index contributed by atoms with van der Waals surface area (Å²) in [6.45, 7) is 3.30. The van der Waals surface area contributed by atoms with E-state index in [2.05, 4.69) is 5.32 Å². The van der Waals surface area contributed by atoms with E-state index in [1.807, 2.05) is 0 Å². The van der Waals surface area contributed by atoms with Gasteiger partial charge < -0.3 is 24.3 Å². The van der Waals surface area contributed by atoms with Crippen molar-refractivity contribution in [2.75, 3.05) is 39.0 Å². The zero-order chi connectivity index (χ0) is 24.1. The van der Waals surface area contributed by atoms with Crippen molar-refractivity contribution >= 4 is 21.6 Å². The predicted octanol–water partition coefficient (Wildman–Crippen LogP) is 2.75. The standard InChI is InChI=1S/C22H30N2O7S/c1-14(18-13-17(28-3)9-11-19(18)29-4)23-22(25)15(2)24(32(7,26)27)16-8-10-20(30-5)21(12-16)31-6/h8-15H,1-7H3,(H,23,25)/t14-,15-/m0/s1. The van der Waals surface area contributed by atoms with Crippen LogP contribution in [0.1, 0.15) is 25.5 Å². The highest BCUT2D eigenvalue weighted by atomic mass is 32.2. The molecule has 0 aliphatic rings. The van der Waals surface area contributed by atoms with Crippen LogP contribution >= 0.6 is 0 Å². The van der Waals surface area contributed by atoms with E-state index in [1.165, 1.54) is 34.3 Å². The van der Waals surface area contributed by atoms with Gasteiger partial charge in [-0.3, -0.25) is 9.10 Å². The molecule has 0 saturated carbocycles. The van der Waals surface area contributed by atoms with Gasteiger partial charge in [-0.1, -0.05) is 0 Å². The highest BCUT2D eigenvalue weighted by molar-refractivity contribution is 7.92. The Kier molecular flexibility index (Phi) is 8.20. The van der Waals surface area contributed by atoms with Gasteiger partial charge in [0, 0.05) is 11.6 Å². The fraction of sp³-hybridized carbons (Fsp3) is 0.409. The summed E-state index contributed by atoms with van der Waals surface area (Å²) < 4.78 is 47.4. The predicted molar refractivity (Wildman–Crippen MR) is 122 cm³/mol. The summed E-state index contributed by atoms with van der Waals surface area (Å²) in [6.07, 6.45) is 1.04. The quantitative estimate of drug-likeness (QED) is 0.574. The molecule has 32 heavy (non-hydrogen) atoms. The summed E-state index contributed by atoms with van der Waals surface area (Å²) in [5.41, 5.74) is 0.976. The maximum Gasteiger partial charge on any atom is 0.244 e. The van der Waals surface area contributed by atoms with Crippen LogP contribution in [-0.2, 0) is 14.8 Å². The first kappa shape index (κ1) is 25.1. The number of benzene rings is 2. The van der Waals surface area contributed by atoms with Gasteiger partial charge in [0.05, 0.1) is 46.4 Å². The molecule has 2 aromatic carbocycles. The van der Waals surface area contributed by atoms with Crippen molar-refractivity contribution in [2.45, 2.75) is 25.9 Å². The number of anilines is 1. The van der Waals surface area contributed by atoms with Crippen molar-refractivity contribution in [3.8, 4) is 23.0 Å². The normalized spacial score (nSPS) is 13.0. The average molecular weight is 467 g/mol. The number of ether oxygens (including phenoxy) is 4. The molecule has 1 N–H and O–H groups in total. The van der Waals surface area contributed by atoms with Crippen molar-refractivity contribution < 1.29 is 32.2 Å². The van der Waals surface area contributed by atoms with E-state index < -0.39 is 28.0 Å². The van der Waals surface area contributed by atoms with E-state index in [4.69, 9.17) is 18.9 Å². The van der Waals surface area contributed by atoms with Gasteiger partial charge >= 0.3 is 0 Å². The number of carbonyl (C=O) groups excluding carboxylic acids is 1. The Morgan fingerprint density at radius 2 is 1.47 bits per heavy atom. The number of methoxy groups -OCH3 is 4. The number of sulfonamides is 1. The van der Waals surface area contributed by atoms with E-state index in [-0.39, 0.29) is 5.69 Å². The van der Waals surface area contributed by atoms with Gasteiger partial charge in [0.25, 0.3) is 0 Å². The van der Waals surface area contributed by atoms with Crippen LogP contribution in [0, 0.1) is 0 Å². The maximum atomic E-state index is 13.1. The number of rotatable bonds is 10. The van der Waals surface area contributed by atoms with Crippen molar-refractivity contribution in [3.05, 3.63) is 42.0 Å². The Labute approximate surface area is 189 Å². The minimum absolute atomic E-state index is 0.277. The molecule has 176 valence electrons. The fourth-order valence-electron chi connectivity index (χ4n) is 3.36. The molecule has 2 atom stereocenters. The lowest BCUT2D eigenvalue weighted by molar-refractivity contribution is -0.122. The summed E-state index contributed by atoms with van der Waals surface area (Å²) in [6, 6.07) is 8.40. The third-order valence-corrected chi connectivity index (χ3v) is 6.21. The van der Waals surface area contributed by atoms with Crippen molar-refractivity contribution in [1.82, 2.24) is 5.32 Å². The summed E-state index contributed by atoms with van der Waals surface area (Å²) in [7, 11) is 2.21. The summed E-state index contributed by atoms with van der Waals surface area (Å²) in [5, 5.41) is 2.86. The maximum absolute atomic E-state index is 13.1. The second-order valence-electron chi connectivity index (χ2n) is 7.11. The summed E-state index contributed by atoms with van der Waals surface area (Å²) in [5.74, 6) is 1.49. The molecule has 2 rings (SSSR count). The smallest absolute Gasteiger partial charge is 0.244 e.